The summed E-state index contributed by atoms with van der Waals surface area (Å²) in [6.07, 6.45) is 1.76. The number of rotatable bonds is 4. The lowest BCUT2D eigenvalue weighted by molar-refractivity contribution is 0.496. The fourth-order valence-electron chi connectivity index (χ4n) is 1.03. The molecule has 0 aromatic rings. The van der Waals surface area contributed by atoms with Gasteiger partial charge in [0.25, 0.3) is 8.67 Å². The van der Waals surface area contributed by atoms with Gasteiger partial charge in [-0.25, -0.2) is 8.42 Å². The third-order valence-corrected chi connectivity index (χ3v) is 4.77. The molecule has 66 valence electrons. The van der Waals surface area contributed by atoms with Gasteiger partial charge in [-0.2, -0.15) is 0 Å². The Morgan fingerprint density at radius 3 is 2.18 bits per heavy atom. The lowest BCUT2D eigenvalue weighted by Crippen LogP contribution is -2.21. The topological polar surface area (TPSA) is 54.4 Å². The first-order valence-electron chi connectivity index (χ1n) is 3.53. The molecule has 0 aromatic carbocycles. The standard InChI is InChI=1S/C6H14O3SSi/c1-4-5-6(2,3)11-10(7,8)9/h4-5H2,1-3H3,(H,7,8,9). The zero-order valence-electron chi connectivity index (χ0n) is 7.09. The molecule has 2 radical (unpaired) electrons. The smallest absolute Gasteiger partial charge is 0.256 e. The summed E-state index contributed by atoms with van der Waals surface area (Å²) in [5.41, 5.74) is 0. The Morgan fingerprint density at radius 2 is 1.91 bits per heavy atom. The van der Waals surface area contributed by atoms with Crippen LogP contribution in [0.15, 0.2) is 0 Å². The third-order valence-electron chi connectivity index (χ3n) is 1.28. The van der Waals surface area contributed by atoms with Crippen molar-refractivity contribution in [3.63, 3.8) is 0 Å². The molecule has 0 aliphatic heterocycles. The molecule has 0 atom stereocenters. The van der Waals surface area contributed by atoms with Crippen molar-refractivity contribution >= 4 is 18.2 Å². The fraction of sp³-hybridized carbons (Fsp3) is 1.00. The van der Waals surface area contributed by atoms with Crippen LogP contribution >= 0.6 is 0 Å². The van der Waals surface area contributed by atoms with Crippen molar-refractivity contribution in [3.05, 3.63) is 0 Å². The summed E-state index contributed by atoms with van der Waals surface area (Å²) in [7, 11) is -4.17. The molecule has 1 N–H and O–H groups in total. The molecule has 0 heterocycles. The summed E-state index contributed by atoms with van der Waals surface area (Å²) in [6.45, 7) is 5.70. The predicted octanol–water partition coefficient (Wildman–Crippen LogP) is 1.49. The van der Waals surface area contributed by atoms with E-state index in [2.05, 4.69) is 0 Å². The minimum atomic E-state index is -3.78. The Bertz CT molecular complexity index is 208. The zero-order valence-corrected chi connectivity index (χ0v) is 8.90. The summed E-state index contributed by atoms with van der Waals surface area (Å²) >= 11 is 0. The predicted molar refractivity (Wildman–Crippen MR) is 46.3 cm³/mol. The fourth-order valence-corrected chi connectivity index (χ4v) is 4.48. The zero-order chi connectivity index (χ0) is 9.12. The van der Waals surface area contributed by atoms with E-state index in [1.165, 1.54) is 0 Å². The average Bonchev–Trinajstić information content (AvgIpc) is 1.55. The normalized spacial score (nSPS) is 13.5. The van der Waals surface area contributed by atoms with E-state index >= 15 is 0 Å². The van der Waals surface area contributed by atoms with Gasteiger partial charge < -0.3 is 0 Å². The molecule has 0 fully saturated rings. The first-order valence-corrected chi connectivity index (χ1v) is 6.70. The van der Waals surface area contributed by atoms with E-state index < -0.39 is 18.2 Å². The van der Waals surface area contributed by atoms with Crippen molar-refractivity contribution in [2.24, 2.45) is 0 Å². The van der Waals surface area contributed by atoms with E-state index in [-0.39, 0.29) is 5.04 Å². The summed E-state index contributed by atoms with van der Waals surface area (Å²) in [5.74, 6) is 0. The van der Waals surface area contributed by atoms with Gasteiger partial charge in [-0.15, -0.1) is 0 Å². The van der Waals surface area contributed by atoms with Crippen LogP contribution in [0.3, 0.4) is 0 Å². The first kappa shape index (κ1) is 11.1. The van der Waals surface area contributed by atoms with Gasteiger partial charge in [0.1, 0.15) is 0 Å². The average molecular weight is 194 g/mol. The van der Waals surface area contributed by atoms with Crippen LogP contribution in [0.1, 0.15) is 33.6 Å². The minimum Gasteiger partial charge on any atom is -0.292 e. The van der Waals surface area contributed by atoms with Crippen LogP contribution in [0.2, 0.25) is 5.04 Å². The maximum atomic E-state index is 10.5. The monoisotopic (exact) mass is 194 g/mol. The Hall–Kier alpha value is 0.127. The largest absolute Gasteiger partial charge is 0.292 e. The van der Waals surface area contributed by atoms with Gasteiger partial charge in [0.15, 0.2) is 0 Å². The summed E-state index contributed by atoms with van der Waals surface area (Å²) in [5, 5.41) is -0.275. The third kappa shape index (κ3) is 6.52. The molecule has 0 bridgehead atoms. The molecule has 0 rings (SSSR count). The van der Waals surface area contributed by atoms with Gasteiger partial charge in [0, 0.05) is 0 Å². The molecule has 0 unspecified atom stereocenters. The van der Waals surface area contributed by atoms with Crippen molar-refractivity contribution in [3.8, 4) is 0 Å². The maximum Gasteiger partial charge on any atom is 0.256 e. The maximum absolute atomic E-state index is 10.5. The molecule has 0 aromatic heterocycles. The Balaban J connectivity index is 4.13. The Labute approximate surface area is 70.4 Å². The number of hydrogen-bond donors (Lipinski definition) is 1. The molecule has 0 aliphatic rings. The molecule has 11 heavy (non-hydrogen) atoms. The van der Waals surface area contributed by atoms with Crippen LogP contribution < -0.4 is 0 Å². The molecule has 0 amide bonds. The van der Waals surface area contributed by atoms with Gasteiger partial charge >= 0.3 is 0 Å². The SMILES string of the molecule is CCCC(C)(C)[Si]S(=O)(=O)O. The Morgan fingerprint density at radius 1 is 1.45 bits per heavy atom. The van der Waals surface area contributed by atoms with Crippen molar-refractivity contribution in [2.45, 2.75) is 38.7 Å². The lowest BCUT2D eigenvalue weighted by atomic mass is 10.1. The first-order chi connectivity index (χ1) is 4.77. The van der Waals surface area contributed by atoms with E-state index in [0.717, 1.165) is 12.8 Å². The quantitative estimate of drug-likeness (QED) is 0.545. The molecular weight excluding hydrogens is 180 g/mol. The van der Waals surface area contributed by atoms with E-state index in [9.17, 15) is 8.42 Å². The highest BCUT2D eigenvalue weighted by molar-refractivity contribution is 8.11. The highest BCUT2D eigenvalue weighted by Crippen LogP contribution is 2.29. The van der Waals surface area contributed by atoms with Crippen LogP contribution in [0.4, 0.5) is 0 Å². The van der Waals surface area contributed by atoms with Crippen molar-refractivity contribution in [1.82, 2.24) is 0 Å². The second-order valence-electron chi connectivity index (χ2n) is 3.21. The molecule has 0 spiro atoms. The molecule has 3 nitrogen and oxygen atoms in total. The summed E-state index contributed by atoms with van der Waals surface area (Å²) < 4.78 is 29.5. The van der Waals surface area contributed by atoms with E-state index in [1.54, 1.807) is 0 Å². The molecule has 0 aliphatic carbocycles. The molecule has 5 heteroatoms. The van der Waals surface area contributed by atoms with Gasteiger partial charge in [-0.1, -0.05) is 33.6 Å². The number of hydrogen-bond acceptors (Lipinski definition) is 2. The summed E-state index contributed by atoms with van der Waals surface area (Å²) in [4.78, 5) is 0. The van der Waals surface area contributed by atoms with Crippen molar-refractivity contribution < 1.29 is 13.0 Å². The van der Waals surface area contributed by atoms with Crippen LogP contribution in [0.25, 0.3) is 0 Å². The van der Waals surface area contributed by atoms with Crippen LogP contribution in [-0.2, 0) is 9.57 Å². The molecule has 0 saturated carbocycles. The van der Waals surface area contributed by atoms with Crippen molar-refractivity contribution in [1.29, 1.82) is 0 Å². The lowest BCUT2D eigenvalue weighted by Gasteiger charge is -2.19. The van der Waals surface area contributed by atoms with Gasteiger partial charge in [0.2, 0.25) is 9.57 Å². The van der Waals surface area contributed by atoms with Crippen LogP contribution in [0, 0.1) is 0 Å². The molecule has 0 saturated heterocycles. The minimum absolute atomic E-state index is 0.275. The molecular formula is C6H14O3SSi. The second-order valence-corrected chi connectivity index (χ2v) is 7.88. The van der Waals surface area contributed by atoms with E-state index in [4.69, 9.17) is 4.55 Å². The second kappa shape index (κ2) is 3.69. The highest BCUT2D eigenvalue weighted by atomic mass is 32.4. The van der Waals surface area contributed by atoms with E-state index in [0.29, 0.717) is 0 Å². The van der Waals surface area contributed by atoms with Gasteiger partial charge in [-0.05, 0) is 5.04 Å². The highest BCUT2D eigenvalue weighted by Gasteiger charge is 2.26. The van der Waals surface area contributed by atoms with Crippen LogP contribution in [-0.4, -0.2) is 21.6 Å². The van der Waals surface area contributed by atoms with Crippen molar-refractivity contribution in [2.75, 3.05) is 0 Å². The summed E-state index contributed by atoms with van der Waals surface area (Å²) in [6, 6.07) is 0. The van der Waals surface area contributed by atoms with Crippen LogP contribution in [0.5, 0.6) is 0 Å². The van der Waals surface area contributed by atoms with Gasteiger partial charge in [0.05, 0.1) is 0 Å². The Kier molecular flexibility index (Phi) is 3.73. The van der Waals surface area contributed by atoms with E-state index in [1.807, 2.05) is 20.8 Å². The van der Waals surface area contributed by atoms with Gasteiger partial charge in [-0.3, -0.25) is 4.55 Å².